The number of aromatic nitrogens is 4. The molecule has 2 aliphatic rings. The van der Waals surface area contributed by atoms with Crippen LogP contribution in [0.2, 0.25) is 0 Å². The second-order valence-electron chi connectivity index (χ2n) is 8.41. The first kappa shape index (κ1) is 28.8. The van der Waals surface area contributed by atoms with Gasteiger partial charge in [0.2, 0.25) is 0 Å². The number of phosphoric acid groups is 1. The predicted octanol–water partition coefficient (Wildman–Crippen LogP) is -1.72. The minimum atomic E-state index is -4.75. The van der Waals surface area contributed by atoms with Gasteiger partial charge in [0.05, 0.1) is 19.3 Å². The van der Waals surface area contributed by atoms with Crippen LogP contribution in [0.25, 0.3) is 0 Å². The molecule has 2 aromatic heterocycles. The van der Waals surface area contributed by atoms with Crippen molar-refractivity contribution in [2.75, 3.05) is 18.9 Å². The molecule has 2 aromatic rings. The van der Waals surface area contributed by atoms with Crippen molar-refractivity contribution >= 4 is 13.6 Å². The number of nitrogens with two attached hydrogens (primary N) is 1. The Morgan fingerprint density at radius 1 is 1.22 bits per heavy atom. The van der Waals surface area contributed by atoms with Gasteiger partial charge in [0.15, 0.2) is 0 Å². The standard InChI is InChI=1S/C19H26N5O11P.H3N/c1-9-6-24(19(29)22-17(9)27)15-4-10(26)13(34-15)8-32-36(30,31)35-11-5-16(33-12(11)7-25)23-3-2-14(20)21-18(23)28;/h2-3,6,10-13,15-16,25-26H,4-5,7-8H2,1H3,(H,30,31)(H2,20,21,28)(H,22,27,29);1H3. The van der Waals surface area contributed by atoms with Gasteiger partial charge in [-0.05, 0) is 13.0 Å². The second kappa shape index (κ2) is 11.3. The summed E-state index contributed by atoms with van der Waals surface area (Å²) in [5.41, 5.74) is 3.73. The number of nitrogens with zero attached hydrogens (tertiary/aromatic N) is 3. The molecule has 0 aliphatic carbocycles. The number of aryl methyl sites for hydroxylation is 1. The van der Waals surface area contributed by atoms with Gasteiger partial charge in [-0.25, -0.2) is 14.2 Å². The lowest BCUT2D eigenvalue weighted by atomic mass is 10.2. The van der Waals surface area contributed by atoms with Gasteiger partial charge in [0, 0.05) is 30.8 Å². The van der Waals surface area contributed by atoms with Crippen molar-refractivity contribution in [3.63, 3.8) is 0 Å². The molecule has 0 radical (unpaired) electrons. The molecule has 206 valence electrons. The monoisotopic (exact) mass is 548 g/mol. The lowest BCUT2D eigenvalue weighted by Crippen LogP contribution is -2.33. The van der Waals surface area contributed by atoms with Gasteiger partial charge in [-0.1, -0.05) is 0 Å². The number of hydrogen-bond acceptors (Lipinski definition) is 13. The Labute approximate surface area is 208 Å². The number of hydrogen-bond donors (Lipinski definition) is 6. The van der Waals surface area contributed by atoms with Crippen LogP contribution in [-0.2, 0) is 23.1 Å². The molecule has 0 amide bonds. The van der Waals surface area contributed by atoms with Crippen LogP contribution >= 0.6 is 7.82 Å². The summed E-state index contributed by atoms with van der Waals surface area (Å²) in [5, 5.41) is 19.9. The fourth-order valence-electron chi connectivity index (χ4n) is 4.00. The smallest absolute Gasteiger partial charge is 0.394 e. The predicted molar refractivity (Wildman–Crippen MR) is 125 cm³/mol. The van der Waals surface area contributed by atoms with Crippen molar-refractivity contribution in [2.24, 2.45) is 0 Å². The maximum Gasteiger partial charge on any atom is 0.472 e. The number of aliphatic hydroxyl groups excluding tert-OH is 2. The number of phosphoric ester groups is 1. The number of rotatable bonds is 8. The Morgan fingerprint density at radius 3 is 2.57 bits per heavy atom. The molecule has 0 aromatic carbocycles. The Kier molecular flexibility index (Phi) is 8.84. The van der Waals surface area contributed by atoms with Gasteiger partial charge in [-0.3, -0.25) is 28.0 Å². The largest absolute Gasteiger partial charge is 0.472 e. The first-order valence-corrected chi connectivity index (χ1v) is 12.4. The Hall–Kier alpha value is -2.73. The molecule has 7 unspecified atom stereocenters. The summed E-state index contributed by atoms with van der Waals surface area (Å²) >= 11 is 0. The highest BCUT2D eigenvalue weighted by Gasteiger charge is 2.43. The minimum absolute atomic E-state index is 0. The average molecular weight is 548 g/mol. The highest BCUT2D eigenvalue weighted by molar-refractivity contribution is 7.47. The zero-order valence-corrected chi connectivity index (χ0v) is 20.6. The number of aromatic amines is 1. The van der Waals surface area contributed by atoms with E-state index in [2.05, 4.69) is 9.97 Å². The van der Waals surface area contributed by atoms with Gasteiger partial charge < -0.3 is 36.5 Å². The summed E-state index contributed by atoms with van der Waals surface area (Å²) in [4.78, 5) is 51.6. The van der Waals surface area contributed by atoms with E-state index < -0.39 is 74.8 Å². The van der Waals surface area contributed by atoms with E-state index in [1.165, 1.54) is 25.4 Å². The highest BCUT2D eigenvalue weighted by Crippen LogP contribution is 2.48. The quantitative estimate of drug-likeness (QED) is 0.200. The normalized spacial score (nSPS) is 29.1. The molecular weight excluding hydrogens is 519 g/mol. The molecule has 4 rings (SSSR count). The summed E-state index contributed by atoms with van der Waals surface area (Å²) in [6.45, 7) is 0.361. The SMILES string of the molecule is Cc1cn(C2CC(O)C(COP(=O)(O)OC3CC(n4ccc(N)nc4=O)OC3CO)O2)c(=O)[nH]c1=O.N. The molecular formula is C19H29N6O11P. The van der Waals surface area contributed by atoms with E-state index in [-0.39, 0.29) is 30.4 Å². The Bertz CT molecular complexity index is 1330. The molecule has 17 nitrogen and oxygen atoms in total. The zero-order chi connectivity index (χ0) is 26.2. The van der Waals surface area contributed by atoms with Crippen LogP contribution in [0.15, 0.2) is 32.8 Å². The van der Waals surface area contributed by atoms with Crippen LogP contribution in [-0.4, -0.2) is 71.8 Å². The van der Waals surface area contributed by atoms with Crippen LogP contribution in [0.3, 0.4) is 0 Å². The Morgan fingerprint density at radius 2 is 1.89 bits per heavy atom. The van der Waals surface area contributed by atoms with Crippen LogP contribution < -0.4 is 28.8 Å². The Balaban J connectivity index is 0.00000380. The van der Waals surface area contributed by atoms with Crippen molar-refractivity contribution in [3.05, 3.63) is 55.3 Å². The van der Waals surface area contributed by atoms with Crippen molar-refractivity contribution in [3.8, 4) is 0 Å². The maximum atomic E-state index is 12.6. The number of H-pyrrole nitrogens is 1. The third-order valence-corrected chi connectivity index (χ3v) is 6.87. The summed E-state index contributed by atoms with van der Waals surface area (Å²) in [7, 11) is -4.75. The van der Waals surface area contributed by atoms with Crippen LogP contribution in [0.4, 0.5) is 5.82 Å². The van der Waals surface area contributed by atoms with Crippen LogP contribution in [0.5, 0.6) is 0 Å². The fourth-order valence-corrected chi connectivity index (χ4v) is 4.96. The van der Waals surface area contributed by atoms with E-state index in [0.29, 0.717) is 0 Å². The molecule has 18 heteroatoms. The topological polar surface area (TPSA) is 265 Å². The summed E-state index contributed by atoms with van der Waals surface area (Å²) < 4.78 is 36.1. The van der Waals surface area contributed by atoms with E-state index in [1.54, 1.807) is 0 Å². The van der Waals surface area contributed by atoms with E-state index in [1.807, 2.05) is 0 Å². The molecule has 7 atom stereocenters. The van der Waals surface area contributed by atoms with Crippen LogP contribution in [0, 0.1) is 6.92 Å². The zero-order valence-electron chi connectivity index (χ0n) is 19.7. The third kappa shape index (κ3) is 6.40. The first-order chi connectivity index (χ1) is 17.0. The molecule has 0 saturated carbocycles. The summed E-state index contributed by atoms with van der Waals surface area (Å²) in [6.07, 6.45) is -3.77. The second-order valence-corrected chi connectivity index (χ2v) is 9.81. The fraction of sp³-hybridized carbons (Fsp3) is 0.579. The molecule has 2 aliphatic heterocycles. The first-order valence-electron chi connectivity index (χ1n) is 10.9. The van der Waals surface area contributed by atoms with E-state index in [0.717, 1.165) is 9.13 Å². The number of anilines is 1. The average Bonchev–Trinajstić information content (AvgIpc) is 3.37. The molecule has 37 heavy (non-hydrogen) atoms. The van der Waals surface area contributed by atoms with Gasteiger partial charge in [-0.15, -0.1) is 0 Å². The number of aliphatic hydroxyl groups is 2. The lowest BCUT2D eigenvalue weighted by molar-refractivity contribution is -0.0575. The molecule has 0 spiro atoms. The number of nitrogens with one attached hydrogen (secondary N) is 1. The molecule has 2 saturated heterocycles. The molecule has 9 N–H and O–H groups in total. The lowest BCUT2D eigenvalue weighted by Gasteiger charge is -2.22. The minimum Gasteiger partial charge on any atom is -0.394 e. The van der Waals surface area contributed by atoms with Gasteiger partial charge >= 0.3 is 19.2 Å². The van der Waals surface area contributed by atoms with Gasteiger partial charge in [0.25, 0.3) is 5.56 Å². The number of ether oxygens (including phenoxy) is 2. The summed E-state index contributed by atoms with van der Waals surface area (Å²) in [5.74, 6) is 0.00753. The van der Waals surface area contributed by atoms with Crippen molar-refractivity contribution in [2.45, 2.75) is 56.6 Å². The third-order valence-electron chi connectivity index (χ3n) is 5.85. The van der Waals surface area contributed by atoms with Gasteiger partial charge in [-0.2, -0.15) is 4.98 Å². The highest BCUT2D eigenvalue weighted by atomic mass is 31.2. The van der Waals surface area contributed by atoms with E-state index >= 15 is 0 Å². The van der Waals surface area contributed by atoms with Crippen LogP contribution in [0.1, 0.15) is 30.9 Å². The number of nitrogen functional groups attached to an aromatic ring is 1. The van der Waals surface area contributed by atoms with Gasteiger partial charge in [0.1, 0.15) is 36.6 Å². The van der Waals surface area contributed by atoms with Crippen molar-refractivity contribution in [1.82, 2.24) is 25.3 Å². The van der Waals surface area contributed by atoms with Crippen molar-refractivity contribution < 1.29 is 38.2 Å². The maximum absolute atomic E-state index is 12.6. The van der Waals surface area contributed by atoms with E-state index in [9.17, 15) is 34.1 Å². The molecule has 2 fully saturated rings. The molecule has 0 bridgehead atoms. The van der Waals surface area contributed by atoms with Crippen molar-refractivity contribution in [1.29, 1.82) is 0 Å². The summed E-state index contributed by atoms with van der Waals surface area (Å²) in [6, 6.07) is 1.37. The molecule has 4 heterocycles. The van der Waals surface area contributed by atoms with E-state index in [4.69, 9.17) is 24.3 Å².